The van der Waals surface area contributed by atoms with Gasteiger partial charge < -0.3 is 10.6 Å². The second kappa shape index (κ2) is 8.31. The maximum Gasteiger partial charge on any atom is 0.171 e. The molecule has 1 aromatic heterocycles. The summed E-state index contributed by atoms with van der Waals surface area (Å²) in [4.78, 5) is 0. The zero-order valence-corrected chi connectivity index (χ0v) is 16.5. The van der Waals surface area contributed by atoms with Crippen LogP contribution in [0.15, 0.2) is 54.6 Å². The molecule has 0 radical (unpaired) electrons. The van der Waals surface area contributed by atoms with Crippen LogP contribution in [0.2, 0.25) is 0 Å². The molecule has 2 N–H and O–H groups in total. The molecule has 0 saturated carbocycles. The zero-order chi connectivity index (χ0) is 19.4. The molecular weight excluding hydrogens is 359 g/mol. The Bertz CT molecular complexity index is 937. The number of benzene rings is 2. The van der Waals surface area contributed by atoms with Crippen LogP contribution in [-0.2, 0) is 6.54 Å². The Morgan fingerprint density at radius 2 is 1.89 bits per heavy atom. The van der Waals surface area contributed by atoms with Crippen LogP contribution >= 0.6 is 12.2 Å². The van der Waals surface area contributed by atoms with E-state index in [9.17, 15) is 4.39 Å². The van der Waals surface area contributed by atoms with Gasteiger partial charge in [0.25, 0.3) is 0 Å². The molecule has 0 saturated heterocycles. The highest BCUT2D eigenvalue weighted by Gasteiger charge is 2.14. The summed E-state index contributed by atoms with van der Waals surface area (Å²) in [7, 11) is 0. The Kier molecular flexibility index (Phi) is 5.86. The van der Waals surface area contributed by atoms with Crippen molar-refractivity contribution >= 4 is 23.0 Å². The quantitative estimate of drug-likeness (QED) is 0.626. The van der Waals surface area contributed by atoms with Gasteiger partial charge >= 0.3 is 0 Å². The fourth-order valence-corrected chi connectivity index (χ4v) is 3.29. The average Bonchev–Trinajstić information content (AvgIpc) is 2.90. The first kappa shape index (κ1) is 19.0. The van der Waals surface area contributed by atoms with Crippen LogP contribution in [-0.4, -0.2) is 14.9 Å². The number of aryl methyl sites for hydroxylation is 1. The molecule has 27 heavy (non-hydrogen) atoms. The van der Waals surface area contributed by atoms with Crippen molar-refractivity contribution in [2.45, 2.75) is 33.4 Å². The van der Waals surface area contributed by atoms with Crippen LogP contribution in [0.5, 0.6) is 0 Å². The summed E-state index contributed by atoms with van der Waals surface area (Å²) in [5, 5.41) is 11.7. The highest BCUT2D eigenvalue weighted by atomic mass is 32.1. The molecule has 0 bridgehead atoms. The van der Waals surface area contributed by atoms with E-state index in [1.807, 2.05) is 42.8 Å². The summed E-state index contributed by atoms with van der Waals surface area (Å²) < 4.78 is 15.3. The van der Waals surface area contributed by atoms with Crippen LogP contribution in [0.25, 0.3) is 0 Å². The Morgan fingerprint density at radius 1 is 1.15 bits per heavy atom. The van der Waals surface area contributed by atoms with E-state index >= 15 is 0 Å². The second-order valence-electron chi connectivity index (χ2n) is 6.56. The van der Waals surface area contributed by atoms with Crippen LogP contribution in [0, 0.1) is 19.7 Å². The van der Waals surface area contributed by atoms with E-state index in [0.717, 1.165) is 28.2 Å². The van der Waals surface area contributed by atoms with Gasteiger partial charge in [-0.15, -0.1) is 0 Å². The van der Waals surface area contributed by atoms with Crippen LogP contribution in [0.4, 0.5) is 10.1 Å². The van der Waals surface area contributed by atoms with E-state index in [0.29, 0.717) is 11.7 Å². The van der Waals surface area contributed by atoms with E-state index in [2.05, 4.69) is 34.8 Å². The molecule has 2 aromatic carbocycles. The first-order chi connectivity index (χ1) is 12.9. The van der Waals surface area contributed by atoms with Crippen LogP contribution in [0.1, 0.15) is 35.5 Å². The monoisotopic (exact) mass is 382 g/mol. The van der Waals surface area contributed by atoms with Crippen molar-refractivity contribution in [3.8, 4) is 0 Å². The van der Waals surface area contributed by atoms with Gasteiger partial charge in [-0.2, -0.15) is 5.10 Å². The SMILES string of the molecule is Cc1nn(Cc2cccc(F)c2)c(C)c1NC(=S)NC(C)c1ccccc1. The lowest BCUT2D eigenvalue weighted by molar-refractivity contribution is 0.616. The molecule has 4 nitrogen and oxygen atoms in total. The summed E-state index contributed by atoms with van der Waals surface area (Å²) in [6, 6.07) is 16.8. The molecule has 140 valence electrons. The fraction of sp³-hybridized carbons (Fsp3) is 0.238. The molecular formula is C21H23FN4S. The Labute approximate surface area is 164 Å². The molecule has 0 spiro atoms. The van der Waals surface area contributed by atoms with Crippen molar-refractivity contribution < 1.29 is 4.39 Å². The summed E-state index contributed by atoms with van der Waals surface area (Å²) in [6.07, 6.45) is 0. The van der Waals surface area contributed by atoms with E-state index in [4.69, 9.17) is 12.2 Å². The molecule has 6 heteroatoms. The number of nitrogens with zero attached hydrogens (tertiary/aromatic N) is 2. The molecule has 0 amide bonds. The van der Waals surface area contributed by atoms with Crippen molar-refractivity contribution in [2.75, 3.05) is 5.32 Å². The Hall–Kier alpha value is -2.73. The third-order valence-electron chi connectivity index (χ3n) is 4.49. The highest BCUT2D eigenvalue weighted by Crippen LogP contribution is 2.21. The van der Waals surface area contributed by atoms with Crippen molar-refractivity contribution in [3.05, 3.63) is 82.9 Å². The van der Waals surface area contributed by atoms with Crippen molar-refractivity contribution in [2.24, 2.45) is 0 Å². The smallest absolute Gasteiger partial charge is 0.171 e. The number of nitrogens with one attached hydrogen (secondary N) is 2. The number of hydrogen-bond acceptors (Lipinski definition) is 2. The van der Waals surface area contributed by atoms with Crippen molar-refractivity contribution in [1.29, 1.82) is 0 Å². The minimum atomic E-state index is -0.243. The molecule has 0 aliphatic carbocycles. The van der Waals surface area contributed by atoms with Gasteiger partial charge in [0.2, 0.25) is 0 Å². The van der Waals surface area contributed by atoms with Crippen molar-refractivity contribution in [3.63, 3.8) is 0 Å². The highest BCUT2D eigenvalue weighted by molar-refractivity contribution is 7.80. The largest absolute Gasteiger partial charge is 0.356 e. The first-order valence-corrected chi connectivity index (χ1v) is 9.26. The maximum atomic E-state index is 13.4. The van der Waals surface area contributed by atoms with Gasteiger partial charge in [-0.1, -0.05) is 42.5 Å². The third-order valence-corrected chi connectivity index (χ3v) is 4.71. The van der Waals surface area contributed by atoms with Crippen molar-refractivity contribution in [1.82, 2.24) is 15.1 Å². The summed E-state index contributed by atoms with van der Waals surface area (Å²) in [6.45, 7) is 6.48. The van der Waals surface area contributed by atoms with Crippen LogP contribution < -0.4 is 10.6 Å². The average molecular weight is 383 g/mol. The maximum absolute atomic E-state index is 13.4. The minimum absolute atomic E-state index is 0.0918. The lowest BCUT2D eigenvalue weighted by atomic mass is 10.1. The Morgan fingerprint density at radius 3 is 2.59 bits per heavy atom. The molecule has 0 aliphatic heterocycles. The number of anilines is 1. The van der Waals surface area contributed by atoms with E-state index in [-0.39, 0.29) is 11.9 Å². The summed E-state index contributed by atoms with van der Waals surface area (Å²) >= 11 is 5.48. The first-order valence-electron chi connectivity index (χ1n) is 8.85. The second-order valence-corrected chi connectivity index (χ2v) is 6.97. The normalized spacial score (nSPS) is 11.9. The topological polar surface area (TPSA) is 41.9 Å². The van der Waals surface area contributed by atoms with Gasteiger partial charge in [-0.25, -0.2) is 4.39 Å². The summed E-state index contributed by atoms with van der Waals surface area (Å²) in [5.74, 6) is -0.243. The van der Waals surface area contributed by atoms with Gasteiger partial charge in [-0.3, -0.25) is 4.68 Å². The molecule has 3 aromatic rings. The fourth-order valence-electron chi connectivity index (χ4n) is 3.01. The molecule has 3 rings (SSSR count). The van der Waals surface area contributed by atoms with Gasteiger partial charge in [-0.05, 0) is 56.2 Å². The summed E-state index contributed by atoms with van der Waals surface area (Å²) in [5.41, 5.74) is 4.71. The third kappa shape index (κ3) is 4.71. The van der Waals surface area contributed by atoms with E-state index < -0.39 is 0 Å². The Balaban J connectivity index is 1.70. The standard InChI is InChI=1S/C21H23FN4S/c1-14(18-9-5-4-6-10-18)23-21(27)24-20-15(2)25-26(16(20)3)13-17-8-7-11-19(22)12-17/h4-12,14H,13H2,1-3H3,(H2,23,24,27). The zero-order valence-electron chi connectivity index (χ0n) is 15.7. The molecule has 1 atom stereocenters. The number of aromatic nitrogens is 2. The number of thiocarbonyl (C=S) groups is 1. The lowest BCUT2D eigenvalue weighted by Gasteiger charge is -2.17. The van der Waals surface area contributed by atoms with E-state index in [1.54, 1.807) is 6.07 Å². The lowest BCUT2D eigenvalue weighted by Crippen LogP contribution is -2.31. The molecule has 1 heterocycles. The molecule has 0 fully saturated rings. The number of hydrogen-bond donors (Lipinski definition) is 2. The van der Waals surface area contributed by atoms with Gasteiger partial charge in [0, 0.05) is 0 Å². The van der Waals surface area contributed by atoms with Gasteiger partial charge in [0.15, 0.2) is 5.11 Å². The van der Waals surface area contributed by atoms with E-state index in [1.165, 1.54) is 12.1 Å². The van der Waals surface area contributed by atoms with Gasteiger partial charge in [0.05, 0.1) is 29.7 Å². The molecule has 1 unspecified atom stereocenters. The minimum Gasteiger partial charge on any atom is -0.356 e. The van der Waals surface area contributed by atoms with Gasteiger partial charge in [0.1, 0.15) is 5.82 Å². The number of rotatable bonds is 5. The number of halogens is 1. The predicted octanol–water partition coefficient (Wildman–Crippen LogP) is 4.73. The van der Waals surface area contributed by atoms with Crippen LogP contribution in [0.3, 0.4) is 0 Å². The predicted molar refractivity (Wildman–Crippen MR) is 111 cm³/mol. The molecule has 0 aliphatic rings.